The maximum Gasteiger partial charge on any atom is 0.244 e. The average molecular weight is 414 g/mol. The molecule has 27 heavy (non-hydrogen) atoms. The van der Waals surface area contributed by atoms with Crippen LogP contribution in [0.15, 0.2) is 28.3 Å². The molecule has 9 heteroatoms. The van der Waals surface area contributed by atoms with Gasteiger partial charge in [0.25, 0.3) is 0 Å². The summed E-state index contributed by atoms with van der Waals surface area (Å²) in [6.07, 6.45) is 5.99. The first-order valence-electron chi connectivity index (χ1n) is 9.43. The lowest BCUT2D eigenvalue weighted by atomic mass is 9.86. The van der Waals surface area contributed by atoms with Crippen LogP contribution >= 0.6 is 11.8 Å². The van der Waals surface area contributed by atoms with Gasteiger partial charge in [0.1, 0.15) is 4.90 Å². The molecule has 2 aliphatic rings. The third-order valence-electron chi connectivity index (χ3n) is 5.13. The van der Waals surface area contributed by atoms with Gasteiger partial charge in [0.05, 0.1) is 24.0 Å². The molecule has 1 aromatic heterocycles. The van der Waals surface area contributed by atoms with Crippen LogP contribution in [0.2, 0.25) is 0 Å². The normalized spacial score (nSPS) is 24.5. The van der Waals surface area contributed by atoms with Crippen molar-refractivity contribution in [3.8, 4) is 0 Å². The number of ether oxygens (including phenoxy) is 1. The maximum absolute atomic E-state index is 12.6. The zero-order valence-electron chi connectivity index (χ0n) is 15.6. The van der Waals surface area contributed by atoms with Crippen LogP contribution in [0.4, 0.5) is 0 Å². The molecule has 1 saturated carbocycles. The SMILES string of the molecule is C[C@H]1CCCC[C@@H]1NC(=O)CSc1ccc(S(=O)(=O)N2CCOCC2)cn1. The van der Waals surface area contributed by atoms with E-state index >= 15 is 0 Å². The third kappa shape index (κ3) is 5.43. The van der Waals surface area contributed by atoms with Crippen LogP contribution in [0.3, 0.4) is 0 Å². The molecule has 1 aliphatic carbocycles. The Morgan fingerprint density at radius 3 is 2.70 bits per heavy atom. The van der Waals surface area contributed by atoms with Gasteiger partial charge in [-0.15, -0.1) is 0 Å². The summed E-state index contributed by atoms with van der Waals surface area (Å²) in [7, 11) is -3.53. The number of carbonyl (C=O) groups is 1. The fourth-order valence-corrected chi connectivity index (χ4v) is 5.47. The first-order valence-corrected chi connectivity index (χ1v) is 11.9. The molecule has 1 N–H and O–H groups in total. The number of hydrogen-bond donors (Lipinski definition) is 1. The van der Waals surface area contributed by atoms with Crippen molar-refractivity contribution in [2.75, 3.05) is 32.1 Å². The highest BCUT2D eigenvalue weighted by atomic mass is 32.2. The van der Waals surface area contributed by atoms with Crippen LogP contribution < -0.4 is 5.32 Å². The Hall–Kier alpha value is -1.16. The highest BCUT2D eigenvalue weighted by molar-refractivity contribution is 7.99. The molecule has 2 heterocycles. The number of rotatable bonds is 6. The van der Waals surface area contributed by atoms with Gasteiger partial charge in [0, 0.05) is 25.3 Å². The van der Waals surface area contributed by atoms with Crippen molar-refractivity contribution in [2.45, 2.75) is 48.6 Å². The van der Waals surface area contributed by atoms with E-state index < -0.39 is 10.0 Å². The van der Waals surface area contributed by atoms with Crippen molar-refractivity contribution in [1.29, 1.82) is 0 Å². The smallest absolute Gasteiger partial charge is 0.244 e. The Labute approximate surface area is 165 Å². The second-order valence-electron chi connectivity index (χ2n) is 7.07. The van der Waals surface area contributed by atoms with E-state index in [0.29, 0.717) is 37.2 Å². The van der Waals surface area contributed by atoms with Gasteiger partial charge in [0.2, 0.25) is 15.9 Å². The molecule has 0 aromatic carbocycles. The number of hydrogen-bond acceptors (Lipinski definition) is 6. The number of nitrogens with zero attached hydrogens (tertiary/aromatic N) is 2. The topological polar surface area (TPSA) is 88.6 Å². The molecular weight excluding hydrogens is 386 g/mol. The zero-order chi connectivity index (χ0) is 19.3. The second kappa shape index (κ2) is 9.36. The number of carbonyl (C=O) groups excluding carboxylic acids is 1. The van der Waals surface area contributed by atoms with E-state index in [1.54, 1.807) is 12.1 Å². The minimum absolute atomic E-state index is 0.00515. The third-order valence-corrected chi connectivity index (χ3v) is 7.95. The number of pyridine rings is 1. The highest BCUT2D eigenvalue weighted by Crippen LogP contribution is 2.24. The Morgan fingerprint density at radius 2 is 2.04 bits per heavy atom. The van der Waals surface area contributed by atoms with E-state index in [1.807, 2.05) is 0 Å². The molecule has 0 spiro atoms. The molecule has 1 amide bonds. The zero-order valence-corrected chi connectivity index (χ0v) is 17.2. The first-order chi connectivity index (χ1) is 13.0. The lowest BCUT2D eigenvalue weighted by molar-refractivity contribution is -0.119. The van der Waals surface area contributed by atoms with Gasteiger partial charge in [-0.1, -0.05) is 31.5 Å². The molecule has 0 radical (unpaired) electrons. The summed E-state index contributed by atoms with van der Waals surface area (Å²) in [5, 5.41) is 3.76. The summed E-state index contributed by atoms with van der Waals surface area (Å²) in [5.74, 6) is 0.812. The number of thioether (sulfide) groups is 1. The lowest BCUT2D eigenvalue weighted by Gasteiger charge is -2.29. The second-order valence-corrected chi connectivity index (χ2v) is 10.0. The van der Waals surface area contributed by atoms with E-state index in [2.05, 4.69) is 17.2 Å². The Bertz CT molecular complexity index is 733. The van der Waals surface area contributed by atoms with Gasteiger partial charge in [-0.2, -0.15) is 4.31 Å². The quantitative estimate of drug-likeness (QED) is 0.717. The van der Waals surface area contributed by atoms with Crippen LogP contribution in [0.25, 0.3) is 0 Å². The van der Waals surface area contributed by atoms with E-state index in [9.17, 15) is 13.2 Å². The maximum atomic E-state index is 12.6. The van der Waals surface area contributed by atoms with Crippen LogP contribution in [0.5, 0.6) is 0 Å². The van der Waals surface area contributed by atoms with Crippen molar-refractivity contribution in [2.24, 2.45) is 5.92 Å². The number of sulfonamides is 1. The molecule has 2 atom stereocenters. The van der Waals surface area contributed by atoms with Crippen LogP contribution in [0.1, 0.15) is 32.6 Å². The standard InChI is InChI=1S/C18H27N3O4S2/c1-14-4-2-3-5-16(14)20-17(22)13-26-18-7-6-15(12-19-18)27(23,24)21-8-10-25-11-9-21/h6-7,12,14,16H,2-5,8-11,13H2,1H3,(H,20,22)/t14-,16-/m0/s1. The Balaban J connectivity index is 1.52. The fraction of sp³-hybridized carbons (Fsp3) is 0.667. The van der Waals surface area contributed by atoms with Gasteiger partial charge in [-0.05, 0) is 30.9 Å². The minimum atomic E-state index is -3.53. The molecule has 7 nitrogen and oxygen atoms in total. The average Bonchev–Trinajstić information content (AvgIpc) is 2.69. The predicted molar refractivity (Wildman–Crippen MR) is 104 cm³/mol. The van der Waals surface area contributed by atoms with E-state index in [-0.39, 0.29) is 22.6 Å². The van der Waals surface area contributed by atoms with Crippen LogP contribution in [0, 0.1) is 5.92 Å². The van der Waals surface area contributed by atoms with Gasteiger partial charge in [-0.25, -0.2) is 13.4 Å². The van der Waals surface area contributed by atoms with Gasteiger partial charge in [0.15, 0.2) is 0 Å². The summed E-state index contributed by atoms with van der Waals surface area (Å²) in [6.45, 7) is 3.73. The van der Waals surface area contributed by atoms with Gasteiger partial charge in [-0.3, -0.25) is 4.79 Å². The minimum Gasteiger partial charge on any atom is -0.379 e. The van der Waals surface area contributed by atoms with E-state index in [4.69, 9.17) is 4.74 Å². The monoisotopic (exact) mass is 413 g/mol. The number of amides is 1. The Kier molecular flexibility index (Phi) is 7.13. The summed E-state index contributed by atoms with van der Waals surface area (Å²) in [6, 6.07) is 3.48. The summed E-state index contributed by atoms with van der Waals surface area (Å²) in [5.41, 5.74) is 0. The molecule has 1 aliphatic heterocycles. The molecule has 2 fully saturated rings. The van der Waals surface area contributed by atoms with Gasteiger partial charge < -0.3 is 10.1 Å². The van der Waals surface area contributed by atoms with Crippen molar-refractivity contribution < 1.29 is 17.9 Å². The molecule has 0 unspecified atom stereocenters. The molecule has 3 rings (SSSR count). The summed E-state index contributed by atoms with van der Waals surface area (Å²) >= 11 is 1.32. The van der Waals surface area contributed by atoms with Crippen molar-refractivity contribution in [3.05, 3.63) is 18.3 Å². The van der Waals surface area contributed by atoms with Crippen molar-refractivity contribution in [1.82, 2.24) is 14.6 Å². The summed E-state index contributed by atoms with van der Waals surface area (Å²) in [4.78, 5) is 16.6. The number of nitrogens with one attached hydrogen (secondary N) is 1. The first kappa shape index (κ1) is 20.6. The molecule has 1 aromatic rings. The fourth-order valence-electron chi connectivity index (χ4n) is 3.46. The van der Waals surface area contributed by atoms with Crippen molar-refractivity contribution >= 4 is 27.7 Å². The Morgan fingerprint density at radius 1 is 1.30 bits per heavy atom. The molecular formula is C18H27N3O4S2. The van der Waals surface area contributed by atoms with E-state index in [1.165, 1.54) is 41.5 Å². The molecule has 0 bridgehead atoms. The van der Waals surface area contributed by atoms with E-state index in [0.717, 1.165) is 6.42 Å². The summed E-state index contributed by atoms with van der Waals surface area (Å²) < 4.78 is 31.8. The lowest BCUT2D eigenvalue weighted by Crippen LogP contribution is -2.41. The number of morpholine rings is 1. The van der Waals surface area contributed by atoms with Crippen molar-refractivity contribution in [3.63, 3.8) is 0 Å². The predicted octanol–water partition coefficient (Wildman–Crippen LogP) is 1.89. The van der Waals surface area contributed by atoms with Gasteiger partial charge >= 0.3 is 0 Å². The van der Waals surface area contributed by atoms with Crippen LogP contribution in [-0.2, 0) is 19.6 Å². The van der Waals surface area contributed by atoms with Crippen LogP contribution in [-0.4, -0.2) is 61.7 Å². The highest BCUT2D eigenvalue weighted by Gasteiger charge is 2.26. The molecule has 1 saturated heterocycles. The number of aromatic nitrogens is 1. The molecule has 150 valence electrons. The largest absolute Gasteiger partial charge is 0.379 e.